The minimum atomic E-state index is -4.23. The van der Waals surface area contributed by atoms with Crippen molar-refractivity contribution in [1.82, 2.24) is 0 Å². The third-order valence-electron chi connectivity index (χ3n) is 2.22. The van der Waals surface area contributed by atoms with E-state index in [0.717, 1.165) is 5.56 Å². The van der Waals surface area contributed by atoms with Crippen molar-refractivity contribution in [3.05, 3.63) is 29.8 Å². The summed E-state index contributed by atoms with van der Waals surface area (Å²) in [4.78, 5) is 0.187. The fourth-order valence-corrected chi connectivity index (χ4v) is 1.82. The van der Waals surface area contributed by atoms with Gasteiger partial charge in [-0.25, -0.2) is 0 Å². The lowest BCUT2D eigenvalue weighted by Gasteiger charge is -2.16. The average Bonchev–Trinajstić information content (AvgIpc) is 2.15. The van der Waals surface area contributed by atoms with Gasteiger partial charge >= 0.3 is 5.51 Å². The summed E-state index contributed by atoms with van der Waals surface area (Å²) in [6, 6.07) is 6.08. The first-order valence-corrected chi connectivity index (χ1v) is 5.72. The minimum absolute atomic E-state index is 0.111. The molecule has 2 N–H and O–H groups in total. The predicted molar refractivity (Wildman–Crippen MR) is 60.1 cm³/mol. The molecule has 0 aromatic heterocycles. The van der Waals surface area contributed by atoms with E-state index in [1.807, 2.05) is 13.8 Å². The number of alkyl halides is 3. The first kappa shape index (κ1) is 13.4. The molecular formula is C11H14F3NS. The Morgan fingerprint density at radius 1 is 1.12 bits per heavy atom. The molecule has 0 bridgehead atoms. The summed E-state index contributed by atoms with van der Waals surface area (Å²) >= 11 is -0.111. The van der Waals surface area contributed by atoms with E-state index in [2.05, 4.69) is 0 Å². The van der Waals surface area contributed by atoms with Gasteiger partial charge < -0.3 is 5.73 Å². The molecule has 0 unspecified atom stereocenters. The van der Waals surface area contributed by atoms with Crippen LogP contribution in [0.4, 0.5) is 13.2 Å². The number of hydrogen-bond acceptors (Lipinski definition) is 2. The zero-order chi connectivity index (χ0) is 12.3. The predicted octanol–water partition coefficient (Wildman–Crippen LogP) is 3.95. The SMILES string of the molecule is CC(C)[C@H](N)c1ccc(SC(F)(F)F)cc1. The summed E-state index contributed by atoms with van der Waals surface area (Å²) in [6.07, 6.45) is 0. The number of halogens is 3. The summed E-state index contributed by atoms with van der Waals surface area (Å²) in [6.45, 7) is 3.95. The van der Waals surface area contributed by atoms with Gasteiger partial charge in [-0.2, -0.15) is 13.2 Å². The second-order valence-electron chi connectivity index (χ2n) is 3.89. The number of thioether (sulfide) groups is 1. The van der Waals surface area contributed by atoms with Gasteiger partial charge in [0.15, 0.2) is 0 Å². The smallest absolute Gasteiger partial charge is 0.324 e. The average molecular weight is 249 g/mol. The molecule has 1 nitrogen and oxygen atoms in total. The summed E-state index contributed by atoms with van der Waals surface area (Å²) in [7, 11) is 0. The molecule has 0 amide bonds. The first-order valence-electron chi connectivity index (χ1n) is 4.91. The van der Waals surface area contributed by atoms with Gasteiger partial charge in [-0.1, -0.05) is 26.0 Å². The summed E-state index contributed by atoms with van der Waals surface area (Å²) in [5.41, 5.74) is 2.51. The van der Waals surface area contributed by atoms with E-state index >= 15 is 0 Å². The van der Waals surface area contributed by atoms with E-state index in [4.69, 9.17) is 5.73 Å². The van der Waals surface area contributed by atoms with E-state index in [-0.39, 0.29) is 28.6 Å². The van der Waals surface area contributed by atoms with Crippen molar-refractivity contribution < 1.29 is 13.2 Å². The minimum Gasteiger partial charge on any atom is -0.324 e. The molecule has 1 rings (SSSR count). The molecule has 90 valence electrons. The molecule has 1 aromatic rings. The van der Waals surface area contributed by atoms with E-state index in [9.17, 15) is 13.2 Å². The van der Waals surface area contributed by atoms with Crippen molar-refractivity contribution in [2.75, 3.05) is 0 Å². The van der Waals surface area contributed by atoms with Crippen LogP contribution < -0.4 is 5.73 Å². The molecule has 0 aliphatic heterocycles. The monoisotopic (exact) mass is 249 g/mol. The highest BCUT2D eigenvalue weighted by molar-refractivity contribution is 8.00. The molecular weight excluding hydrogens is 235 g/mol. The molecule has 0 radical (unpaired) electrons. The van der Waals surface area contributed by atoms with Gasteiger partial charge in [-0.15, -0.1) is 0 Å². The summed E-state index contributed by atoms with van der Waals surface area (Å²) in [5, 5.41) is 0. The van der Waals surface area contributed by atoms with Crippen molar-refractivity contribution >= 4 is 11.8 Å². The van der Waals surface area contributed by atoms with Crippen molar-refractivity contribution in [2.24, 2.45) is 11.7 Å². The Balaban J connectivity index is 2.76. The molecule has 0 saturated heterocycles. The lowest BCUT2D eigenvalue weighted by atomic mass is 9.97. The van der Waals surface area contributed by atoms with Crippen LogP contribution in [0.5, 0.6) is 0 Å². The molecule has 0 spiro atoms. The summed E-state index contributed by atoms with van der Waals surface area (Å²) in [5.74, 6) is 0.265. The van der Waals surface area contributed by atoms with Gasteiger partial charge in [0.2, 0.25) is 0 Å². The molecule has 1 aromatic carbocycles. The van der Waals surface area contributed by atoms with Gasteiger partial charge in [-0.3, -0.25) is 0 Å². The zero-order valence-electron chi connectivity index (χ0n) is 9.08. The van der Waals surface area contributed by atoms with Gasteiger partial charge in [0.05, 0.1) is 0 Å². The van der Waals surface area contributed by atoms with Gasteiger partial charge in [0, 0.05) is 10.9 Å². The van der Waals surface area contributed by atoms with Crippen molar-refractivity contribution in [1.29, 1.82) is 0 Å². The third-order valence-corrected chi connectivity index (χ3v) is 2.96. The normalized spacial score (nSPS) is 14.2. The maximum Gasteiger partial charge on any atom is 0.446 e. The van der Waals surface area contributed by atoms with Gasteiger partial charge in [-0.05, 0) is 35.4 Å². The Kier molecular flexibility index (Phi) is 4.27. The molecule has 0 aliphatic rings. The number of benzene rings is 1. The van der Waals surface area contributed by atoms with E-state index in [1.54, 1.807) is 12.1 Å². The molecule has 16 heavy (non-hydrogen) atoms. The van der Waals surface area contributed by atoms with Crippen LogP contribution >= 0.6 is 11.8 Å². The molecule has 0 aliphatic carbocycles. The molecule has 0 saturated carbocycles. The van der Waals surface area contributed by atoms with Crippen molar-refractivity contribution in [3.8, 4) is 0 Å². The van der Waals surface area contributed by atoms with Crippen LogP contribution in [0.1, 0.15) is 25.5 Å². The molecule has 0 fully saturated rings. The quantitative estimate of drug-likeness (QED) is 0.821. The fraction of sp³-hybridized carbons (Fsp3) is 0.455. The Hall–Kier alpha value is -0.680. The Labute approximate surface area is 97.2 Å². The maximum atomic E-state index is 12.1. The zero-order valence-corrected chi connectivity index (χ0v) is 9.90. The highest BCUT2D eigenvalue weighted by Gasteiger charge is 2.29. The standard InChI is InChI=1S/C11H14F3NS/c1-7(2)10(15)8-3-5-9(6-4-8)16-11(12,13)14/h3-7,10H,15H2,1-2H3/t10-/m0/s1. The number of nitrogens with two attached hydrogens (primary N) is 1. The highest BCUT2D eigenvalue weighted by atomic mass is 32.2. The van der Waals surface area contributed by atoms with Crippen LogP contribution in [-0.4, -0.2) is 5.51 Å². The van der Waals surface area contributed by atoms with E-state index < -0.39 is 5.51 Å². The molecule has 0 heterocycles. The van der Waals surface area contributed by atoms with Crippen molar-refractivity contribution in [2.45, 2.75) is 30.3 Å². The maximum absolute atomic E-state index is 12.1. The first-order chi connectivity index (χ1) is 7.29. The lowest BCUT2D eigenvalue weighted by Crippen LogP contribution is -2.16. The van der Waals surface area contributed by atoms with E-state index in [0.29, 0.717) is 0 Å². The van der Waals surface area contributed by atoms with Crippen LogP contribution in [0.15, 0.2) is 29.2 Å². The third kappa shape index (κ3) is 4.06. The van der Waals surface area contributed by atoms with Crippen LogP contribution in [0.3, 0.4) is 0 Å². The summed E-state index contributed by atoms with van der Waals surface area (Å²) < 4.78 is 36.2. The number of rotatable bonds is 3. The fourth-order valence-electron chi connectivity index (χ4n) is 1.28. The molecule has 1 atom stereocenters. The van der Waals surface area contributed by atoms with Gasteiger partial charge in [0.25, 0.3) is 0 Å². The van der Waals surface area contributed by atoms with Gasteiger partial charge in [0.1, 0.15) is 0 Å². The highest BCUT2D eigenvalue weighted by Crippen LogP contribution is 2.37. The Bertz CT molecular complexity index is 332. The largest absolute Gasteiger partial charge is 0.446 e. The number of hydrogen-bond donors (Lipinski definition) is 1. The van der Waals surface area contributed by atoms with E-state index in [1.165, 1.54) is 12.1 Å². The van der Waals surface area contributed by atoms with Crippen LogP contribution in [0.25, 0.3) is 0 Å². The van der Waals surface area contributed by atoms with Crippen LogP contribution in [0.2, 0.25) is 0 Å². The topological polar surface area (TPSA) is 26.0 Å². The van der Waals surface area contributed by atoms with Crippen LogP contribution in [0, 0.1) is 5.92 Å². The van der Waals surface area contributed by atoms with Crippen molar-refractivity contribution in [3.63, 3.8) is 0 Å². The second-order valence-corrected chi connectivity index (χ2v) is 5.03. The van der Waals surface area contributed by atoms with Crippen LogP contribution in [-0.2, 0) is 0 Å². The Morgan fingerprint density at radius 3 is 2.00 bits per heavy atom. The lowest BCUT2D eigenvalue weighted by molar-refractivity contribution is -0.0328. The second kappa shape index (κ2) is 5.10. The molecule has 5 heteroatoms. The Morgan fingerprint density at radius 2 is 1.62 bits per heavy atom.